The van der Waals surface area contributed by atoms with Gasteiger partial charge in [-0.3, -0.25) is 0 Å². The fourth-order valence-corrected chi connectivity index (χ4v) is 5.26. The van der Waals surface area contributed by atoms with Gasteiger partial charge in [-0.15, -0.1) is 0 Å². The Morgan fingerprint density at radius 1 is 1.10 bits per heavy atom. The number of likely N-dealkylation sites (N-methyl/N-ethyl adjacent to an activating group) is 1. The normalized spacial score (nSPS) is 20.2. The molecule has 1 saturated carbocycles. The summed E-state index contributed by atoms with van der Waals surface area (Å²) in [5.41, 5.74) is 0. The predicted octanol–water partition coefficient (Wildman–Crippen LogP) is 3.01. The van der Waals surface area contributed by atoms with E-state index < -0.39 is 21.7 Å². The first kappa shape index (κ1) is 25.1. The molecule has 1 fully saturated rings. The number of hydrogen-bond acceptors (Lipinski definition) is 5. The van der Waals surface area contributed by atoms with Gasteiger partial charge in [-0.1, -0.05) is 6.92 Å². The van der Waals surface area contributed by atoms with Crippen LogP contribution in [0.2, 0.25) is 0 Å². The minimum Gasteiger partial charge on any atom is -0.395 e. The number of halogens is 2. The van der Waals surface area contributed by atoms with Crippen LogP contribution in [0.3, 0.4) is 0 Å². The number of hydrogen-bond donors (Lipinski definition) is 1. The highest BCUT2D eigenvalue weighted by molar-refractivity contribution is 7.89. The molecule has 1 aromatic rings. The number of aliphatic hydroxyl groups excluding tert-OH is 1. The van der Waals surface area contributed by atoms with Gasteiger partial charge in [0.25, 0.3) is 0 Å². The SMILES string of the molecule is CCN(CCO)CCCCO[C@H]1CC[C@H](N(C)S(=O)(=O)c2ccc(F)c(F)c2)CC1. The highest BCUT2D eigenvalue weighted by Gasteiger charge is 2.32. The maximum Gasteiger partial charge on any atom is 0.243 e. The average Bonchev–Trinajstić information content (AvgIpc) is 2.74. The van der Waals surface area contributed by atoms with Gasteiger partial charge in [0.05, 0.1) is 17.6 Å². The van der Waals surface area contributed by atoms with Crippen LogP contribution in [0, 0.1) is 11.6 Å². The van der Waals surface area contributed by atoms with Gasteiger partial charge >= 0.3 is 0 Å². The van der Waals surface area contributed by atoms with Crippen LogP contribution >= 0.6 is 0 Å². The molecule has 0 spiro atoms. The molecule has 2 rings (SSSR count). The summed E-state index contributed by atoms with van der Waals surface area (Å²) in [5, 5.41) is 9.00. The number of unbranched alkanes of at least 4 members (excludes halogenated alkanes) is 1. The van der Waals surface area contributed by atoms with Crippen molar-refractivity contribution in [2.75, 3.05) is 39.9 Å². The third kappa shape index (κ3) is 6.95. The number of benzene rings is 1. The molecule has 0 bridgehead atoms. The van der Waals surface area contributed by atoms with Crippen molar-refractivity contribution in [3.63, 3.8) is 0 Å². The maximum atomic E-state index is 13.5. The molecule has 172 valence electrons. The van der Waals surface area contributed by atoms with Crippen molar-refractivity contribution in [3.05, 3.63) is 29.8 Å². The van der Waals surface area contributed by atoms with Gasteiger partial charge in [-0.2, -0.15) is 4.31 Å². The molecule has 6 nitrogen and oxygen atoms in total. The van der Waals surface area contributed by atoms with Gasteiger partial charge < -0.3 is 14.7 Å². The molecule has 0 heterocycles. The summed E-state index contributed by atoms with van der Waals surface area (Å²) in [4.78, 5) is 1.97. The zero-order chi connectivity index (χ0) is 22.1. The van der Waals surface area contributed by atoms with Crippen molar-refractivity contribution >= 4 is 10.0 Å². The molecule has 9 heteroatoms. The van der Waals surface area contributed by atoms with E-state index in [0.29, 0.717) is 26.0 Å². The first-order valence-electron chi connectivity index (χ1n) is 10.7. The molecule has 0 amide bonds. The number of sulfonamides is 1. The molecular formula is C21H34F2N2O4S. The minimum absolute atomic E-state index is 0.125. The summed E-state index contributed by atoms with van der Waals surface area (Å²) >= 11 is 0. The largest absolute Gasteiger partial charge is 0.395 e. The van der Waals surface area contributed by atoms with Crippen LogP contribution in [0.25, 0.3) is 0 Å². The van der Waals surface area contributed by atoms with Gasteiger partial charge in [-0.05, 0) is 69.8 Å². The molecule has 1 aromatic carbocycles. The van der Waals surface area contributed by atoms with Crippen molar-refractivity contribution in [2.45, 2.75) is 62.5 Å². The second-order valence-corrected chi connectivity index (χ2v) is 9.76. The summed E-state index contributed by atoms with van der Waals surface area (Å²) in [6, 6.07) is 2.49. The zero-order valence-corrected chi connectivity index (χ0v) is 18.7. The molecule has 0 unspecified atom stereocenters. The van der Waals surface area contributed by atoms with E-state index >= 15 is 0 Å². The Bertz CT molecular complexity index is 755. The van der Waals surface area contributed by atoms with Crippen molar-refractivity contribution in [1.82, 2.24) is 9.21 Å². The van der Waals surface area contributed by atoms with E-state index in [-0.39, 0.29) is 23.6 Å². The Kier molecular flexibility index (Phi) is 10.1. The maximum absolute atomic E-state index is 13.5. The first-order chi connectivity index (χ1) is 14.3. The Labute approximate surface area is 178 Å². The van der Waals surface area contributed by atoms with Crippen LogP contribution in [0.5, 0.6) is 0 Å². The van der Waals surface area contributed by atoms with Gasteiger partial charge in [0.2, 0.25) is 10.0 Å². The summed E-state index contributed by atoms with van der Waals surface area (Å²) < 4.78 is 59.3. The molecule has 0 aromatic heterocycles. The molecular weight excluding hydrogens is 414 g/mol. The van der Waals surface area contributed by atoms with E-state index in [4.69, 9.17) is 9.84 Å². The van der Waals surface area contributed by atoms with Gasteiger partial charge in [-0.25, -0.2) is 17.2 Å². The van der Waals surface area contributed by atoms with E-state index in [1.54, 1.807) is 0 Å². The standard InChI is InChI=1S/C21H34F2N2O4S/c1-3-25(13-14-26)12-4-5-15-29-18-8-6-17(7-9-18)24(2)30(27,28)19-10-11-20(22)21(23)16-19/h10-11,16-18,26H,3-9,12-15H2,1-2H3/t17-,18-. The average molecular weight is 449 g/mol. The Morgan fingerprint density at radius 2 is 1.80 bits per heavy atom. The van der Waals surface area contributed by atoms with Gasteiger partial charge in [0, 0.05) is 26.2 Å². The Balaban J connectivity index is 1.75. The number of aliphatic hydroxyl groups is 1. The second-order valence-electron chi connectivity index (χ2n) is 7.76. The molecule has 30 heavy (non-hydrogen) atoms. The fraction of sp³-hybridized carbons (Fsp3) is 0.714. The quantitative estimate of drug-likeness (QED) is 0.498. The lowest BCUT2D eigenvalue weighted by Gasteiger charge is -2.34. The third-order valence-electron chi connectivity index (χ3n) is 5.81. The van der Waals surface area contributed by atoms with E-state index in [1.165, 1.54) is 11.4 Å². The van der Waals surface area contributed by atoms with Gasteiger partial charge in [0.15, 0.2) is 11.6 Å². The predicted molar refractivity (Wildman–Crippen MR) is 112 cm³/mol. The van der Waals surface area contributed by atoms with Gasteiger partial charge in [0.1, 0.15) is 0 Å². The molecule has 0 radical (unpaired) electrons. The third-order valence-corrected chi connectivity index (χ3v) is 7.72. The lowest BCUT2D eigenvalue weighted by Crippen LogP contribution is -2.40. The monoisotopic (exact) mass is 448 g/mol. The summed E-state index contributed by atoms with van der Waals surface area (Å²) in [6.45, 7) is 5.49. The van der Waals surface area contributed by atoms with Crippen LogP contribution in [-0.4, -0.2) is 74.8 Å². The first-order valence-corrected chi connectivity index (χ1v) is 12.1. The molecule has 0 saturated heterocycles. The van der Waals surface area contributed by atoms with Crippen LogP contribution in [-0.2, 0) is 14.8 Å². The molecule has 0 atom stereocenters. The van der Waals surface area contributed by atoms with Crippen LogP contribution in [0.1, 0.15) is 45.4 Å². The zero-order valence-electron chi connectivity index (χ0n) is 17.9. The van der Waals surface area contributed by atoms with Crippen molar-refractivity contribution in [2.24, 2.45) is 0 Å². The summed E-state index contributed by atoms with van der Waals surface area (Å²) in [6.07, 6.45) is 4.97. The number of ether oxygens (including phenoxy) is 1. The van der Waals surface area contributed by atoms with Crippen molar-refractivity contribution in [1.29, 1.82) is 0 Å². The highest BCUT2D eigenvalue weighted by Crippen LogP contribution is 2.28. The van der Waals surface area contributed by atoms with Crippen LogP contribution < -0.4 is 0 Å². The van der Waals surface area contributed by atoms with Crippen LogP contribution in [0.15, 0.2) is 23.1 Å². The minimum atomic E-state index is -3.87. The molecule has 0 aliphatic heterocycles. The molecule has 1 aliphatic rings. The van der Waals surface area contributed by atoms with E-state index in [2.05, 4.69) is 11.8 Å². The molecule has 1 aliphatic carbocycles. The molecule has 1 N–H and O–H groups in total. The van der Waals surface area contributed by atoms with Crippen LogP contribution in [0.4, 0.5) is 8.78 Å². The Morgan fingerprint density at radius 3 is 2.40 bits per heavy atom. The van der Waals surface area contributed by atoms with E-state index in [9.17, 15) is 17.2 Å². The lowest BCUT2D eigenvalue weighted by atomic mass is 9.93. The topological polar surface area (TPSA) is 70.1 Å². The summed E-state index contributed by atoms with van der Waals surface area (Å²) in [7, 11) is -2.38. The van der Waals surface area contributed by atoms with Crippen molar-refractivity contribution in [3.8, 4) is 0 Å². The Hall–Kier alpha value is -1.13. The lowest BCUT2D eigenvalue weighted by molar-refractivity contribution is 0.0150. The number of nitrogens with zero attached hydrogens (tertiary/aromatic N) is 2. The van der Waals surface area contributed by atoms with E-state index in [1.807, 2.05) is 0 Å². The van der Waals surface area contributed by atoms with E-state index in [0.717, 1.165) is 57.0 Å². The highest BCUT2D eigenvalue weighted by atomic mass is 32.2. The smallest absolute Gasteiger partial charge is 0.243 e. The second kappa shape index (κ2) is 12.0. The number of rotatable bonds is 12. The van der Waals surface area contributed by atoms with Crippen molar-refractivity contribution < 1.29 is 27.0 Å². The summed E-state index contributed by atoms with van der Waals surface area (Å²) in [5.74, 6) is -2.23. The fourth-order valence-electron chi connectivity index (χ4n) is 3.83.